The number of carboxylic acids is 1. The van der Waals surface area contributed by atoms with Gasteiger partial charge in [-0.25, -0.2) is 0 Å². The average Bonchev–Trinajstić information content (AvgIpc) is 2.95. The summed E-state index contributed by atoms with van der Waals surface area (Å²) in [5.74, 6) is -0.186. The summed E-state index contributed by atoms with van der Waals surface area (Å²) in [7, 11) is 0. The van der Waals surface area contributed by atoms with Crippen LogP contribution in [0, 0.1) is 13.8 Å². The molecule has 118 valence electrons. The number of amides is 1. The Kier molecular flexibility index (Phi) is 4.59. The van der Waals surface area contributed by atoms with Crippen molar-refractivity contribution in [3.05, 3.63) is 29.3 Å². The molecule has 2 aromatic rings. The van der Waals surface area contributed by atoms with Gasteiger partial charge in [0.2, 0.25) is 5.91 Å². The van der Waals surface area contributed by atoms with Gasteiger partial charge >= 0.3 is 5.97 Å². The summed E-state index contributed by atoms with van der Waals surface area (Å²) in [6.45, 7) is 5.34. The van der Waals surface area contributed by atoms with Gasteiger partial charge in [-0.15, -0.1) is 0 Å². The smallest absolute Gasteiger partial charge is 0.325 e. The molecule has 1 amide bonds. The third-order valence-corrected chi connectivity index (χ3v) is 3.28. The summed E-state index contributed by atoms with van der Waals surface area (Å²) in [5, 5.41) is 19.2. The molecule has 0 fully saturated rings. The van der Waals surface area contributed by atoms with Crippen molar-refractivity contribution in [3.8, 4) is 0 Å². The lowest BCUT2D eigenvalue weighted by Crippen LogP contribution is -2.16. The van der Waals surface area contributed by atoms with Gasteiger partial charge in [-0.3, -0.25) is 14.3 Å². The van der Waals surface area contributed by atoms with E-state index in [9.17, 15) is 9.59 Å². The normalized spacial score (nSPS) is 12.1. The molecule has 0 saturated carbocycles. The zero-order valence-corrected chi connectivity index (χ0v) is 12.7. The van der Waals surface area contributed by atoms with Gasteiger partial charge in [-0.05, 0) is 19.8 Å². The number of rotatable bonds is 6. The van der Waals surface area contributed by atoms with Crippen LogP contribution in [-0.2, 0) is 16.1 Å². The lowest BCUT2D eigenvalue weighted by molar-refractivity contribution is -0.137. The first-order valence-electron chi connectivity index (χ1n) is 6.84. The molecule has 2 aromatic heterocycles. The van der Waals surface area contributed by atoms with Crippen LogP contribution in [0.25, 0.3) is 0 Å². The van der Waals surface area contributed by atoms with Crippen LogP contribution < -0.4 is 5.32 Å². The SMILES string of the molecule is Cc1noc(C)c1C(C)CC(=O)Nc1ccn(CC(=O)O)n1. The van der Waals surface area contributed by atoms with Gasteiger partial charge in [-0.1, -0.05) is 12.1 Å². The minimum atomic E-state index is -0.993. The molecule has 8 heteroatoms. The largest absolute Gasteiger partial charge is 0.480 e. The van der Waals surface area contributed by atoms with Crippen molar-refractivity contribution in [1.29, 1.82) is 0 Å². The van der Waals surface area contributed by atoms with Crippen LogP contribution in [0.1, 0.15) is 36.3 Å². The number of aromatic nitrogens is 3. The number of aryl methyl sites for hydroxylation is 2. The monoisotopic (exact) mass is 306 g/mol. The summed E-state index contributed by atoms with van der Waals surface area (Å²) in [5.41, 5.74) is 1.72. The molecule has 1 atom stereocenters. The number of hydrogen-bond donors (Lipinski definition) is 2. The molecule has 0 bridgehead atoms. The van der Waals surface area contributed by atoms with Crippen LogP contribution in [0.15, 0.2) is 16.8 Å². The van der Waals surface area contributed by atoms with Crippen molar-refractivity contribution in [2.75, 3.05) is 5.32 Å². The van der Waals surface area contributed by atoms with Crippen molar-refractivity contribution in [1.82, 2.24) is 14.9 Å². The molecule has 0 aliphatic carbocycles. The van der Waals surface area contributed by atoms with Crippen LogP contribution in [0.4, 0.5) is 5.82 Å². The minimum Gasteiger partial charge on any atom is -0.480 e. The number of carboxylic acid groups (broad SMARTS) is 1. The Balaban J connectivity index is 1.95. The highest BCUT2D eigenvalue weighted by molar-refractivity contribution is 5.90. The van der Waals surface area contributed by atoms with Gasteiger partial charge < -0.3 is 14.9 Å². The van der Waals surface area contributed by atoms with Gasteiger partial charge in [0.1, 0.15) is 12.3 Å². The molecule has 0 aliphatic rings. The van der Waals surface area contributed by atoms with Crippen LogP contribution in [-0.4, -0.2) is 31.9 Å². The van der Waals surface area contributed by atoms with Gasteiger partial charge in [0, 0.05) is 24.2 Å². The number of carbonyl (C=O) groups excluding carboxylic acids is 1. The first-order chi connectivity index (χ1) is 10.4. The number of nitrogens with zero attached hydrogens (tertiary/aromatic N) is 3. The molecule has 0 aromatic carbocycles. The maximum absolute atomic E-state index is 12.0. The summed E-state index contributed by atoms with van der Waals surface area (Å²) < 4.78 is 6.35. The minimum absolute atomic E-state index is 0.0349. The number of anilines is 1. The van der Waals surface area contributed by atoms with Gasteiger partial charge in [-0.2, -0.15) is 5.10 Å². The molecular formula is C14H18N4O4. The Morgan fingerprint density at radius 3 is 2.77 bits per heavy atom. The zero-order valence-electron chi connectivity index (χ0n) is 12.7. The Morgan fingerprint density at radius 1 is 1.45 bits per heavy atom. The van der Waals surface area contributed by atoms with Gasteiger partial charge in [0.15, 0.2) is 5.82 Å². The maximum Gasteiger partial charge on any atom is 0.325 e. The molecule has 0 saturated heterocycles. The first kappa shape index (κ1) is 15.7. The van der Waals surface area contributed by atoms with E-state index in [2.05, 4.69) is 15.6 Å². The fourth-order valence-corrected chi connectivity index (χ4v) is 2.42. The van der Waals surface area contributed by atoms with E-state index in [0.717, 1.165) is 11.3 Å². The maximum atomic E-state index is 12.0. The second-order valence-corrected chi connectivity index (χ2v) is 5.18. The van der Waals surface area contributed by atoms with Gasteiger partial charge in [0.25, 0.3) is 0 Å². The highest BCUT2D eigenvalue weighted by Gasteiger charge is 2.19. The van der Waals surface area contributed by atoms with E-state index in [0.29, 0.717) is 11.6 Å². The number of nitrogens with one attached hydrogen (secondary N) is 1. The Bertz CT molecular complexity index is 669. The molecule has 0 aliphatic heterocycles. The Hall–Kier alpha value is -2.64. The highest BCUT2D eigenvalue weighted by atomic mass is 16.5. The molecule has 0 spiro atoms. The van der Waals surface area contributed by atoms with E-state index in [1.54, 1.807) is 6.07 Å². The van der Waals surface area contributed by atoms with Gasteiger partial charge in [0.05, 0.1) is 5.69 Å². The number of aliphatic carboxylic acids is 1. The van der Waals surface area contributed by atoms with Crippen molar-refractivity contribution < 1.29 is 19.2 Å². The summed E-state index contributed by atoms with van der Waals surface area (Å²) in [6, 6.07) is 1.56. The molecule has 2 N–H and O–H groups in total. The standard InChI is InChI=1S/C14H18N4O4/c1-8(14-9(2)17-22-10(14)3)6-12(19)15-11-4-5-18(16-11)7-13(20)21/h4-5,8H,6-7H2,1-3H3,(H,20,21)(H,15,16,19). The number of carbonyl (C=O) groups is 2. The molecule has 2 heterocycles. The summed E-state index contributed by atoms with van der Waals surface area (Å²) in [4.78, 5) is 22.6. The second kappa shape index (κ2) is 6.42. The van der Waals surface area contributed by atoms with Crippen molar-refractivity contribution in [2.45, 2.75) is 39.7 Å². The highest BCUT2D eigenvalue weighted by Crippen LogP contribution is 2.26. The topological polar surface area (TPSA) is 110 Å². The fourth-order valence-electron chi connectivity index (χ4n) is 2.42. The second-order valence-electron chi connectivity index (χ2n) is 5.18. The average molecular weight is 306 g/mol. The molecule has 2 rings (SSSR count). The molecule has 1 unspecified atom stereocenters. The molecular weight excluding hydrogens is 288 g/mol. The van der Waals surface area contributed by atoms with Crippen molar-refractivity contribution in [3.63, 3.8) is 0 Å². The van der Waals surface area contributed by atoms with E-state index in [1.165, 1.54) is 10.9 Å². The fraction of sp³-hybridized carbons (Fsp3) is 0.429. The van der Waals surface area contributed by atoms with E-state index in [-0.39, 0.29) is 24.8 Å². The van der Waals surface area contributed by atoms with Crippen molar-refractivity contribution in [2.24, 2.45) is 0 Å². The van der Waals surface area contributed by atoms with Crippen LogP contribution in [0.5, 0.6) is 0 Å². The molecule has 22 heavy (non-hydrogen) atoms. The third kappa shape index (κ3) is 3.72. The van der Waals surface area contributed by atoms with Crippen LogP contribution in [0.3, 0.4) is 0 Å². The van der Waals surface area contributed by atoms with Crippen LogP contribution >= 0.6 is 0 Å². The van der Waals surface area contributed by atoms with E-state index < -0.39 is 5.97 Å². The van der Waals surface area contributed by atoms with E-state index in [1.807, 2.05) is 20.8 Å². The lowest BCUT2D eigenvalue weighted by Gasteiger charge is -2.10. The Labute approximate surface area is 127 Å². The summed E-state index contributed by atoms with van der Waals surface area (Å²) >= 11 is 0. The molecule has 8 nitrogen and oxygen atoms in total. The quantitative estimate of drug-likeness (QED) is 0.840. The lowest BCUT2D eigenvalue weighted by atomic mass is 9.96. The van der Waals surface area contributed by atoms with E-state index in [4.69, 9.17) is 9.63 Å². The summed E-state index contributed by atoms with van der Waals surface area (Å²) in [6.07, 6.45) is 1.76. The number of hydrogen-bond acceptors (Lipinski definition) is 5. The van der Waals surface area contributed by atoms with E-state index >= 15 is 0 Å². The Morgan fingerprint density at radius 2 is 2.18 bits per heavy atom. The predicted molar refractivity (Wildman–Crippen MR) is 77.5 cm³/mol. The third-order valence-electron chi connectivity index (χ3n) is 3.28. The molecule has 0 radical (unpaired) electrons. The van der Waals surface area contributed by atoms with Crippen molar-refractivity contribution >= 4 is 17.7 Å². The van der Waals surface area contributed by atoms with Crippen LogP contribution in [0.2, 0.25) is 0 Å². The predicted octanol–water partition coefficient (Wildman–Crippen LogP) is 1.70. The first-order valence-corrected chi connectivity index (χ1v) is 6.84. The zero-order chi connectivity index (χ0) is 16.3.